The smallest absolute Gasteiger partial charge is 0.254 e. The van der Waals surface area contributed by atoms with Gasteiger partial charge >= 0.3 is 0 Å². The molecule has 0 bridgehead atoms. The van der Waals surface area contributed by atoms with Gasteiger partial charge in [0.25, 0.3) is 5.91 Å². The van der Waals surface area contributed by atoms with E-state index in [1.54, 1.807) is 24.5 Å². The average Bonchev–Trinajstić information content (AvgIpc) is 2.83. The maximum absolute atomic E-state index is 13.7. The van der Waals surface area contributed by atoms with Gasteiger partial charge in [0, 0.05) is 49.0 Å². The van der Waals surface area contributed by atoms with E-state index < -0.39 is 5.82 Å². The minimum Gasteiger partial charge on any atom is -0.395 e. The van der Waals surface area contributed by atoms with Gasteiger partial charge in [-0.2, -0.15) is 0 Å². The number of amides is 1. The molecule has 2 aliphatic rings. The quantitative estimate of drug-likeness (QED) is 0.661. The average molecular weight is 446 g/mol. The van der Waals surface area contributed by atoms with Gasteiger partial charge in [-0.3, -0.25) is 14.7 Å². The van der Waals surface area contributed by atoms with Gasteiger partial charge in [-0.15, -0.1) is 0 Å². The fraction of sp³-hybridized carbons (Fsp3) is 0.333. The van der Waals surface area contributed by atoms with Crippen molar-refractivity contribution in [2.75, 3.05) is 26.2 Å². The molecule has 2 saturated heterocycles. The molecule has 1 amide bonds. The number of nitrogens with zero attached hydrogens (tertiary/aromatic N) is 3. The predicted octanol–water partition coefficient (Wildman–Crippen LogP) is 3.95. The Balaban J connectivity index is 1.39. The van der Waals surface area contributed by atoms with Crippen molar-refractivity contribution in [1.82, 2.24) is 14.8 Å². The van der Waals surface area contributed by atoms with Crippen LogP contribution in [0.15, 0.2) is 73.1 Å². The monoisotopic (exact) mass is 445 g/mol. The summed E-state index contributed by atoms with van der Waals surface area (Å²) in [6.07, 6.45) is 5.43. The van der Waals surface area contributed by atoms with Crippen molar-refractivity contribution in [1.29, 1.82) is 0 Å². The van der Waals surface area contributed by atoms with Gasteiger partial charge in [0.15, 0.2) is 0 Å². The second kappa shape index (κ2) is 9.41. The maximum Gasteiger partial charge on any atom is 0.254 e. The maximum atomic E-state index is 13.7. The molecule has 170 valence electrons. The van der Waals surface area contributed by atoms with Crippen LogP contribution in [0.2, 0.25) is 0 Å². The van der Waals surface area contributed by atoms with E-state index >= 15 is 0 Å². The number of pyridine rings is 1. The molecular formula is C27H28FN3O2. The highest BCUT2D eigenvalue weighted by Gasteiger charge is 2.49. The van der Waals surface area contributed by atoms with Crippen molar-refractivity contribution in [3.8, 4) is 11.1 Å². The van der Waals surface area contributed by atoms with Crippen LogP contribution in [0.3, 0.4) is 0 Å². The molecule has 5 nitrogen and oxygen atoms in total. The van der Waals surface area contributed by atoms with Crippen LogP contribution in [0.1, 0.15) is 34.7 Å². The number of halogens is 1. The van der Waals surface area contributed by atoms with Crippen molar-refractivity contribution in [2.24, 2.45) is 0 Å². The number of aliphatic hydroxyl groups excluding tert-OH is 1. The topological polar surface area (TPSA) is 56.7 Å². The Kier molecular flexibility index (Phi) is 6.20. The molecule has 0 saturated carbocycles. The minimum atomic E-state index is -0.398. The number of hydrogen-bond acceptors (Lipinski definition) is 4. The van der Waals surface area contributed by atoms with E-state index in [9.17, 15) is 14.3 Å². The number of aliphatic hydroxyl groups is 1. The van der Waals surface area contributed by atoms with Gasteiger partial charge in [-0.05, 0) is 66.4 Å². The highest BCUT2D eigenvalue weighted by Crippen LogP contribution is 2.42. The van der Waals surface area contributed by atoms with E-state index in [-0.39, 0.29) is 30.5 Å². The zero-order chi connectivity index (χ0) is 22.8. The summed E-state index contributed by atoms with van der Waals surface area (Å²) in [6.45, 7) is 2.24. The molecule has 2 aromatic carbocycles. The highest BCUT2D eigenvalue weighted by atomic mass is 19.1. The van der Waals surface area contributed by atoms with Crippen LogP contribution in [0.4, 0.5) is 4.39 Å². The van der Waals surface area contributed by atoms with Crippen molar-refractivity contribution >= 4 is 5.91 Å². The molecule has 6 heteroatoms. The van der Waals surface area contributed by atoms with E-state index in [4.69, 9.17) is 0 Å². The van der Waals surface area contributed by atoms with Crippen molar-refractivity contribution in [3.63, 3.8) is 0 Å². The third-order valence-corrected chi connectivity index (χ3v) is 7.04. The Morgan fingerprint density at radius 2 is 1.73 bits per heavy atom. The summed E-state index contributed by atoms with van der Waals surface area (Å²) < 4.78 is 13.7. The highest BCUT2D eigenvalue weighted by molar-refractivity contribution is 5.94. The number of carbonyl (C=O) groups excluding carboxylic acids is 1. The molecular weight excluding hydrogens is 417 g/mol. The molecule has 33 heavy (non-hydrogen) atoms. The fourth-order valence-electron chi connectivity index (χ4n) is 5.37. The first-order chi connectivity index (χ1) is 16.2. The van der Waals surface area contributed by atoms with Crippen molar-refractivity contribution in [3.05, 3.63) is 90.0 Å². The Bertz CT molecular complexity index is 1110. The summed E-state index contributed by atoms with van der Waals surface area (Å²) >= 11 is 0. The van der Waals surface area contributed by atoms with Crippen molar-refractivity contribution < 1.29 is 14.3 Å². The third-order valence-electron chi connectivity index (χ3n) is 7.04. The molecule has 1 aromatic heterocycles. The lowest BCUT2D eigenvalue weighted by molar-refractivity contribution is -0.0606. The van der Waals surface area contributed by atoms with Gasteiger partial charge in [-0.1, -0.05) is 30.3 Å². The number of fused-ring (bicyclic) bond motifs is 1. The molecule has 0 unspecified atom stereocenters. The molecule has 3 aromatic rings. The van der Waals surface area contributed by atoms with Crippen LogP contribution in [0.25, 0.3) is 11.1 Å². The predicted molar refractivity (Wildman–Crippen MR) is 125 cm³/mol. The van der Waals surface area contributed by atoms with Gasteiger partial charge in [0.1, 0.15) is 5.82 Å². The summed E-state index contributed by atoms with van der Waals surface area (Å²) in [5, 5.41) is 10.2. The molecule has 0 spiro atoms. The van der Waals surface area contributed by atoms with E-state index in [2.05, 4.69) is 34.1 Å². The number of benzene rings is 2. The lowest BCUT2D eigenvalue weighted by atomic mass is 9.74. The summed E-state index contributed by atoms with van der Waals surface area (Å²) in [7, 11) is 0. The molecule has 3 heterocycles. The number of carbonyl (C=O) groups is 1. The van der Waals surface area contributed by atoms with E-state index in [1.807, 2.05) is 17.0 Å². The molecule has 0 radical (unpaired) electrons. The first kappa shape index (κ1) is 21.7. The first-order valence-corrected chi connectivity index (χ1v) is 11.6. The van der Waals surface area contributed by atoms with Gasteiger partial charge in [0.05, 0.1) is 6.61 Å². The molecule has 5 rings (SSSR count). The first-order valence-electron chi connectivity index (χ1n) is 11.6. The molecule has 2 aliphatic heterocycles. The van der Waals surface area contributed by atoms with Crippen molar-refractivity contribution in [2.45, 2.75) is 30.8 Å². The lowest BCUT2D eigenvalue weighted by Crippen LogP contribution is -2.67. The van der Waals surface area contributed by atoms with Crippen LogP contribution in [0.5, 0.6) is 0 Å². The molecule has 1 N–H and O–H groups in total. The number of hydrogen-bond donors (Lipinski definition) is 1. The number of aromatic nitrogens is 1. The van der Waals surface area contributed by atoms with E-state index in [1.165, 1.54) is 17.7 Å². The summed E-state index contributed by atoms with van der Waals surface area (Å²) in [5.41, 5.74) is 3.80. The zero-order valence-corrected chi connectivity index (χ0v) is 18.5. The van der Waals surface area contributed by atoms with Crippen LogP contribution in [-0.4, -0.2) is 64.1 Å². The number of rotatable bonds is 4. The third kappa shape index (κ3) is 4.28. The zero-order valence-electron chi connectivity index (χ0n) is 18.5. The minimum absolute atomic E-state index is 0.0472. The van der Waals surface area contributed by atoms with Crippen LogP contribution < -0.4 is 0 Å². The van der Waals surface area contributed by atoms with Crippen LogP contribution >= 0.6 is 0 Å². The van der Waals surface area contributed by atoms with Gasteiger partial charge < -0.3 is 10.0 Å². The Morgan fingerprint density at radius 3 is 2.45 bits per heavy atom. The Labute approximate surface area is 193 Å². The fourth-order valence-corrected chi connectivity index (χ4v) is 5.37. The molecule has 0 aliphatic carbocycles. The lowest BCUT2D eigenvalue weighted by Gasteiger charge is -2.57. The van der Waals surface area contributed by atoms with Gasteiger partial charge in [-0.25, -0.2) is 4.39 Å². The molecule has 2 fully saturated rings. The van der Waals surface area contributed by atoms with E-state index in [0.717, 1.165) is 30.5 Å². The SMILES string of the molecule is O=C(c1cccc(F)c1)N1CCCCN2[C@@H](CO)[C@H](c3ccc(-c4ccncc4)cc3)[C@@H]2C1. The molecule has 3 atom stereocenters. The van der Waals surface area contributed by atoms with Gasteiger partial charge in [0.2, 0.25) is 0 Å². The van der Waals surface area contributed by atoms with E-state index in [0.29, 0.717) is 18.7 Å². The summed E-state index contributed by atoms with van der Waals surface area (Å²) in [5.74, 6) is -0.386. The summed E-state index contributed by atoms with van der Waals surface area (Å²) in [4.78, 5) is 21.5. The largest absolute Gasteiger partial charge is 0.395 e. The standard InChI is InChI=1S/C27H28FN3O2/c28-23-5-3-4-22(16-23)27(33)30-14-1-2-15-31-24(17-30)26(25(31)18-32)21-8-6-19(7-9-21)20-10-12-29-13-11-20/h3-13,16,24-26,32H,1-2,14-15,17-18H2/t24-,25-,26+/m0/s1. The van der Waals surface area contributed by atoms with Crippen LogP contribution in [0, 0.1) is 5.82 Å². The Hall–Kier alpha value is -3.09. The second-order valence-corrected chi connectivity index (χ2v) is 8.91. The normalized spacial score (nSPS) is 23.2. The second-order valence-electron chi connectivity index (χ2n) is 8.91. The Morgan fingerprint density at radius 1 is 1.00 bits per heavy atom. The summed E-state index contributed by atoms with van der Waals surface area (Å²) in [6, 6.07) is 18.6. The van der Waals surface area contributed by atoms with Crippen LogP contribution in [-0.2, 0) is 0 Å².